The van der Waals surface area contributed by atoms with Gasteiger partial charge in [-0.1, -0.05) is 11.6 Å². The third-order valence-corrected chi connectivity index (χ3v) is 3.75. The molecule has 0 aliphatic heterocycles. The van der Waals surface area contributed by atoms with Gasteiger partial charge in [0, 0.05) is 14.6 Å². The molecule has 0 saturated heterocycles. The summed E-state index contributed by atoms with van der Waals surface area (Å²) in [6.07, 6.45) is 0. The van der Waals surface area contributed by atoms with Crippen molar-refractivity contribution in [3.8, 4) is 0 Å². The maximum atomic E-state index is 12.5. The van der Waals surface area contributed by atoms with Gasteiger partial charge in [0.1, 0.15) is 6.54 Å². The highest BCUT2D eigenvalue weighted by atomic mass is 127. The number of amides is 1. The fourth-order valence-corrected chi connectivity index (χ4v) is 2.25. The average Bonchev–Trinajstić information content (AvgIpc) is 2.37. The van der Waals surface area contributed by atoms with E-state index >= 15 is 0 Å². The summed E-state index contributed by atoms with van der Waals surface area (Å²) in [6.45, 7) is 3.62. The van der Waals surface area contributed by atoms with Crippen LogP contribution in [0.25, 0.3) is 0 Å². The molecule has 0 N–H and O–H groups in total. The summed E-state index contributed by atoms with van der Waals surface area (Å²) in [5, 5.41) is 0.491. The molecule has 4 nitrogen and oxygen atoms in total. The number of rotatable bonds is 4. The van der Waals surface area contributed by atoms with Crippen molar-refractivity contribution in [2.24, 2.45) is 0 Å². The molecular weight excluding hydrogens is 381 g/mol. The van der Waals surface area contributed by atoms with E-state index in [1.54, 1.807) is 18.2 Å². The smallest absolute Gasteiger partial charge is 0.325 e. The lowest BCUT2D eigenvalue weighted by molar-refractivity contribution is -0.141. The van der Waals surface area contributed by atoms with Crippen LogP contribution in [0.2, 0.25) is 5.02 Å². The maximum Gasteiger partial charge on any atom is 0.325 e. The van der Waals surface area contributed by atoms with Gasteiger partial charge in [0.05, 0.1) is 12.7 Å². The minimum Gasteiger partial charge on any atom is -0.468 e. The molecule has 0 heterocycles. The van der Waals surface area contributed by atoms with E-state index in [9.17, 15) is 9.59 Å². The Morgan fingerprint density at radius 3 is 2.58 bits per heavy atom. The van der Waals surface area contributed by atoms with Gasteiger partial charge in [0.25, 0.3) is 5.91 Å². The molecule has 1 aromatic carbocycles. The second-order valence-electron chi connectivity index (χ2n) is 4.23. The summed E-state index contributed by atoms with van der Waals surface area (Å²) in [7, 11) is 1.30. The molecule has 0 radical (unpaired) electrons. The highest BCUT2D eigenvalue weighted by molar-refractivity contribution is 14.1. The molecule has 19 heavy (non-hydrogen) atoms. The van der Waals surface area contributed by atoms with Gasteiger partial charge in [-0.15, -0.1) is 0 Å². The fourth-order valence-electron chi connectivity index (χ4n) is 1.51. The van der Waals surface area contributed by atoms with Crippen LogP contribution in [0.5, 0.6) is 0 Å². The van der Waals surface area contributed by atoms with Crippen LogP contribution in [0.1, 0.15) is 24.2 Å². The van der Waals surface area contributed by atoms with Crippen molar-refractivity contribution in [2.45, 2.75) is 19.9 Å². The van der Waals surface area contributed by atoms with Crippen LogP contribution in [0.3, 0.4) is 0 Å². The van der Waals surface area contributed by atoms with Gasteiger partial charge in [-0.3, -0.25) is 9.59 Å². The molecule has 0 aromatic heterocycles. The van der Waals surface area contributed by atoms with Crippen LogP contribution in [0, 0.1) is 3.57 Å². The third kappa shape index (κ3) is 4.35. The Hall–Kier alpha value is -0.820. The average molecular weight is 396 g/mol. The quantitative estimate of drug-likeness (QED) is 0.582. The lowest BCUT2D eigenvalue weighted by Crippen LogP contribution is -2.41. The molecule has 0 spiro atoms. The first-order valence-electron chi connectivity index (χ1n) is 5.69. The van der Waals surface area contributed by atoms with Gasteiger partial charge >= 0.3 is 5.97 Å². The number of carbonyl (C=O) groups is 2. The Morgan fingerprint density at radius 1 is 1.42 bits per heavy atom. The number of nitrogens with zero attached hydrogens (tertiary/aromatic N) is 1. The van der Waals surface area contributed by atoms with E-state index in [0.717, 1.165) is 3.57 Å². The molecule has 0 bridgehead atoms. The normalized spacial score (nSPS) is 10.4. The number of methoxy groups -OCH3 is 1. The molecule has 1 rings (SSSR count). The molecule has 1 amide bonds. The Kier molecular flexibility index (Phi) is 6.06. The SMILES string of the molecule is COC(=O)CN(C(=O)c1cc(Cl)ccc1I)C(C)C. The molecule has 104 valence electrons. The number of benzene rings is 1. The molecule has 0 atom stereocenters. The first-order valence-corrected chi connectivity index (χ1v) is 7.15. The number of ether oxygens (including phenoxy) is 1. The highest BCUT2D eigenvalue weighted by Gasteiger charge is 2.23. The predicted molar refractivity (Wildman–Crippen MR) is 82.4 cm³/mol. The summed E-state index contributed by atoms with van der Waals surface area (Å²) in [4.78, 5) is 25.3. The van der Waals surface area contributed by atoms with E-state index in [0.29, 0.717) is 10.6 Å². The molecule has 1 aromatic rings. The second kappa shape index (κ2) is 7.09. The summed E-state index contributed by atoms with van der Waals surface area (Å²) in [5.41, 5.74) is 0.491. The predicted octanol–water partition coefficient (Wildman–Crippen LogP) is 2.97. The minimum atomic E-state index is -0.445. The monoisotopic (exact) mass is 395 g/mol. The van der Waals surface area contributed by atoms with Crippen LogP contribution in [0.4, 0.5) is 0 Å². The number of halogens is 2. The van der Waals surface area contributed by atoms with Crippen LogP contribution >= 0.6 is 34.2 Å². The van der Waals surface area contributed by atoms with E-state index in [1.807, 2.05) is 13.8 Å². The summed E-state index contributed by atoms with van der Waals surface area (Å²) < 4.78 is 5.40. The summed E-state index contributed by atoms with van der Waals surface area (Å²) in [6, 6.07) is 4.99. The highest BCUT2D eigenvalue weighted by Crippen LogP contribution is 2.20. The van der Waals surface area contributed by atoms with Gasteiger partial charge in [-0.2, -0.15) is 0 Å². The zero-order valence-corrected chi connectivity index (χ0v) is 13.9. The zero-order valence-electron chi connectivity index (χ0n) is 10.9. The lowest BCUT2D eigenvalue weighted by Gasteiger charge is -2.26. The third-order valence-electron chi connectivity index (χ3n) is 2.57. The standard InChI is InChI=1S/C13H15ClINO3/c1-8(2)16(7-12(17)19-3)13(18)10-6-9(14)4-5-11(10)15/h4-6,8H,7H2,1-3H3. The summed E-state index contributed by atoms with van der Waals surface area (Å²) >= 11 is 7.98. The van der Waals surface area contributed by atoms with Crippen molar-refractivity contribution >= 4 is 46.1 Å². The number of esters is 1. The molecule has 0 saturated carbocycles. The van der Waals surface area contributed by atoms with Crippen LogP contribution in [-0.4, -0.2) is 36.5 Å². The van der Waals surface area contributed by atoms with Gasteiger partial charge < -0.3 is 9.64 Å². The second-order valence-corrected chi connectivity index (χ2v) is 5.83. The molecule has 0 fully saturated rings. The van der Waals surface area contributed by atoms with Crippen molar-refractivity contribution in [2.75, 3.05) is 13.7 Å². The molecular formula is C13H15ClINO3. The van der Waals surface area contributed by atoms with E-state index < -0.39 is 5.97 Å². The Balaban J connectivity index is 3.05. The summed E-state index contributed by atoms with van der Waals surface area (Å²) in [5.74, 6) is -0.675. The molecule has 0 unspecified atom stereocenters. The van der Waals surface area contributed by atoms with E-state index in [4.69, 9.17) is 11.6 Å². The van der Waals surface area contributed by atoms with E-state index in [2.05, 4.69) is 27.3 Å². The minimum absolute atomic E-state index is 0.0738. The van der Waals surface area contributed by atoms with Gasteiger partial charge in [-0.25, -0.2) is 0 Å². The molecule has 6 heteroatoms. The Bertz CT molecular complexity index is 491. The molecule has 0 aliphatic carbocycles. The van der Waals surface area contributed by atoms with Crippen molar-refractivity contribution in [3.63, 3.8) is 0 Å². The number of carbonyl (C=O) groups excluding carboxylic acids is 2. The first kappa shape index (κ1) is 16.2. The van der Waals surface area contributed by atoms with Crippen LogP contribution in [0.15, 0.2) is 18.2 Å². The fraction of sp³-hybridized carbons (Fsp3) is 0.385. The van der Waals surface area contributed by atoms with Gasteiger partial charge in [-0.05, 0) is 54.6 Å². The van der Waals surface area contributed by atoms with E-state index in [1.165, 1.54) is 12.0 Å². The zero-order chi connectivity index (χ0) is 14.6. The van der Waals surface area contributed by atoms with E-state index in [-0.39, 0.29) is 18.5 Å². The Morgan fingerprint density at radius 2 is 2.05 bits per heavy atom. The van der Waals surface area contributed by atoms with Crippen LogP contribution < -0.4 is 0 Å². The van der Waals surface area contributed by atoms with Gasteiger partial charge in [0.2, 0.25) is 0 Å². The number of hydrogen-bond acceptors (Lipinski definition) is 3. The number of hydrogen-bond donors (Lipinski definition) is 0. The molecule has 0 aliphatic rings. The first-order chi connectivity index (χ1) is 8.86. The Labute approximate surface area is 131 Å². The maximum absolute atomic E-state index is 12.5. The van der Waals surface area contributed by atoms with Crippen molar-refractivity contribution in [1.29, 1.82) is 0 Å². The van der Waals surface area contributed by atoms with Gasteiger partial charge in [0.15, 0.2) is 0 Å². The van der Waals surface area contributed by atoms with Crippen molar-refractivity contribution in [3.05, 3.63) is 32.4 Å². The van der Waals surface area contributed by atoms with Crippen molar-refractivity contribution in [1.82, 2.24) is 4.90 Å². The lowest BCUT2D eigenvalue weighted by atomic mass is 10.1. The largest absolute Gasteiger partial charge is 0.468 e. The van der Waals surface area contributed by atoms with Crippen LogP contribution in [-0.2, 0) is 9.53 Å². The van der Waals surface area contributed by atoms with Crippen molar-refractivity contribution < 1.29 is 14.3 Å². The topological polar surface area (TPSA) is 46.6 Å².